The molecule has 0 atom stereocenters. The van der Waals surface area contributed by atoms with E-state index in [4.69, 9.17) is 20.9 Å². The third-order valence-corrected chi connectivity index (χ3v) is 6.58. The number of likely N-dealkylation sites (tertiary alicyclic amines) is 1. The van der Waals surface area contributed by atoms with E-state index < -0.39 is 5.91 Å². The molecule has 0 spiro atoms. The molecule has 0 unspecified atom stereocenters. The minimum absolute atomic E-state index is 0.0266. The summed E-state index contributed by atoms with van der Waals surface area (Å²) in [5.41, 5.74) is 17.3. The molecule has 0 aliphatic carbocycles. The van der Waals surface area contributed by atoms with E-state index in [1.165, 1.54) is 25.5 Å². The predicted octanol–water partition coefficient (Wildman–Crippen LogP) is 3.85. The lowest BCUT2D eigenvalue weighted by molar-refractivity contribution is -0.117. The Morgan fingerprint density at radius 2 is 1.74 bits per heavy atom. The Morgan fingerprint density at radius 1 is 1.03 bits per heavy atom. The fraction of sp³-hybridized carbons (Fsp3) is 0.333. The molecule has 1 aliphatic rings. The summed E-state index contributed by atoms with van der Waals surface area (Å²) in [5, 5.41) is 0. The van der Waals surface area contributed by atoms with Crippen molar-refractivity contribution >= 4 is 11.7 Å². The Kier molecular flexibility index (Phi) is 7.03. The zero-order chi connectivity index (χ0) is 24.2. The molecule has 4 N–H and O–H groups in total. The van der Waals surface area contributed by atoms with Gasteiger partial charge < -0.3 is 25.8 Å². The molecule has 0 bridgehead atoms. The molecule has 7 heteroatoms. The number of methoxy groups -OCH3 is 2. The van der Waals surface area contributed by atoms with Gasteiger partial charge in [-0.05, 0) is 73.8 Å². The highest BCUT2D eigenvalue weighted by molar-refractivity contribution is 5.83. The van der Waals surface area contributed by atoms with Crippen LogP contribution >= 0.6 is 0 Å². The number of benzene rings is 2. The van der Waals surface area contributed by atoms with E-state index in [9.17, 15) is 4.79 Å². The van der Waals surface area contributed by atoms with Gasteiger partial charge in [-0.2, -0.15) is 0 Å². The van der Waals surface area contributed by atoms with Crippen LogP contribution < -0.4 is 20.9 Å². The van der Waals surface area contributed by atoms with Crippen LogP contribution in [0.3, 0.4) is 0 Å². The van der Waals surface area contributed by atoms with Gasteiger partial charge in [-0.15, -0.1) is 0 Å². The molecule has 2 heterocycles. The van der Waals surface area contributed by atoms with E-state index in [1.54, 1.807) is 13.3 Å². The second-order valence-electron chi connectivity index (χ2n) is 8.87. The van der Waals surface area contributed by atoms with Gasteiger partial charge in [0.05, 0.1) is 20.6 Å². The summed E-state index contributed by atoms with van der Waals surface area (Å²) in [6.07, 6.45) is 4.19. The lowest BCUT2D eigenvalue weighted by Gasteiger charge is -2.29. The predicted molar refractivity (Wildman–Crippen MR) is 135 cm³/mol. The van der Waals surface area contributed by atoms with Gasteiger partial charge >= 0.3 is 0 Å². The molecule has 178 valence electrons. The molecular formula is C27H32N4O3. The number of ether oxygens (including phenoxy) is 2. The van der Waals surface area contributed by atoms with Gasteiger partial charge in [-0.25, -0.2) is 4.98 Å². The van der Waals surface area contributed by atoms with Crippen LogP contribution in [0.2, 0.25) is 0 Å². The number of carbonyl (C=O) groups is 1. The monoisotopic (exact) mass is 460 g/mol. The first-order valence-electron chi connectivity index (χ1n) is 11.5. The number of piperidine rings is 1. The van der Waals surface area contributed by atoms with Crippen molar-refractivity contribution in [3.63, 3.8) is 0 Å². The summed E-state index contributed by atoms with van der Waals surface area (Å²) < 4.78 is 11.0. The highest BCUT2D eigenvalue weighted by Crippen LogP contribution is 2.39. The van der Waals surface area contributed by atoms with Gasteiger partial charge in [0.25, 0.3) is 0 Å². The van der Waals surface area contributed by atoms with E-state index >= 15 is 0 Å². The fourth-order valence-corrected chi connectivity index (χ4v) is 4.67. The Hall–Kier alpha value is -3.58. The summed E-state index contributed by atoms with van der Waals surface area (Å²) in [6, 6.07) is 14.5. The smallest absolute Gasteiger partial charge is 0.221 e. The van der Waals surface area contributed by atoms with Gasteiger partial charge in [0.1, 0.15) is 5.82 Å². The van der Waals surface area contributed by atoms with Crippen molar-refractivity contribution in [2.75, 3.05) is 40.1 Å². The Labute approximate surface area is 200 Å². The molecule has 1 saturated heterocycles. The van der Waals surface area contributed by atoms with Crippen molar-refractivity contribution in [2.24, 2.45) is 5.73 Å². The standard InChI is InChI=1S/C27H32N4O3/c1-31-10-8-19(9-11-31)17-4-6-18(7-5-17)22-13-23(27(29)30-16-22)20-12-21(15-25(28)32)26(34-3)24(14-20)33-2/h4-7,12-14,16,19H,8-11,15H2,1-3H3,(H2,28,32)(H2,29,30). The number of nitrogens with two attached hydrogens (primary N) is 2. The van der Waals surface area contributed by atoms with Crippen LogP contribution in [0.1, 0.15) is 29.9 Å². The Morgan fingerprint density at radius 3 is 2.35 bits per heavy atom. The number of rotatable bonds is 7. The number of aromatic nitrogens is 1. The average Bonchev–Trinajstić information content (AvgIpc) is 2.84. The molecule has 2 aromatic carbocycles. The van der Waals surface area contributed by atoms with Crippen molar-refractivity contribution in [3.8, 4) is 33.8 Å². The molecule has 1 amide bonds. The quantitative estimate of drug-likeness (QED) is 0.555. The molecule has 34 heavy (non-hydrogen) atoms. The second-order valence-corrected chi connectivity index (χ2v) is 8.87. The summed E-state index contributed by atoms with van der Waals surface area (Å²) in [6.45, 7) is 2.28. The summed E-state index contributed by atoms with van der Waals surface area (Å²) in [5.74, 6) is 1.53. The molecule has 1 aromatic heterocycles. The van der Waals surface area contributed by atoms with Gasteiger partial charge in [-0.1, -0.05) is 24.3 Å². The Bertz CT molecular complexity index is 1170. The number of anilines is 1. The maximum Gasteiger partial charge on any atom is 0.221 e. The number of hydrogen-bond acceptors (Lipinski definition) is 6. The van der Waals surface area contributed by atoms with Crippen LogP contribution in [0.25, 0.3) is 22.3 Å². The molecule has 7 nitrogen and oxygen atoms in total. The summed E-state index contributed by atoms with van der Waals surface area (Å²) >= 11 is 0. The van der Waals surface area contributed by atoms with Crippen LogP contribution in [0.15, 0.2) is 48.7 Å². The largest absolute Gasteiger partial charge is 0.493 e. The number of nitrogens with zero attached hydrogens (tertiary/aromatic N) is 2. The van der Waals surface area contributed by atoms with E-state index in [0.29, 0.717) is 28.8 Å². The van der Waals surface area contributed by atoms with Crippen LogP contribution in [0.5, 0.6) is 11.5 Å². The third-order valence-electron chi connectivity index (χ3n) is 6.58. The summed E-state index contributed by atoms with van der Waals surface area (Å²) in [4.78, 5) is 18.5. The number of pyridine rings is 1. The van der Waals surface area contributed by atoms with E-state index in [1.807, 2.05) is 18.2 Å². The van der Waals surface area contributed by atoms with Gasteiger partial charge in [0, 0.05) is 22.9 Å². The highest BCUT2D eigenvalue weighted by atomic mass is 16.5. The lowest BCUT2D eigenvalue weighted by atomic mass is 9.88. The first-order chi connectivity index (χ1) is 16.4. The number of nitrogen functional groups attached to an aromatic ring is 1. The van der Waals surface area contributed by atoms with E-state index in [-0.39, 0.29) is 6.42 Å². The Balaban J connectivity index is 1.68. The zero-order valence-corrected chi connectivity index (χ0v) is 20.0. The topological polar surface area (TPSA) is 104 Å². The van der Waals surface area contributed by atoms with Crippen molar-refractivity contribution in [2.45, 2.75) is 25.2 Å². The minimum Gasteiger partial charge on any atom is -0.493 e. The van der Waals surface area contributed by atoms with E-state index in [0.717, 1.165) is 35.3 Å². The maximum atomic E-state index is 11.6. The van der Waals surface area contributed by atoms with Gasteiger partial charge in [0.2, 0.25) is 5.91 Å². The molecule has 3 aromatic rings. The zero-order valence-electron chi connectivity index (χ0n) is 20.0. The summed E-state index contributed by atoms with van der Waals surface area (Å²) in [7, 11) is 5.27. The number of amides is 1. The average molecular weight is 461 g/mol. The van der Waals surface area contributed by atoms with Crippen molar-refractivity contribution < 1.29 is 14.3 Å². The van der Waals surface area contributed by atoms with E-state index in [2.05, 4.69) is 41.2 Å². The molecule has 1 aliphatic heterocycles. The van der Waals surface area contributed by atoms with Crippen LogP contribution in [0, 0.1) is 0 Å². The van der Waals surface area contributed by atoms with Crippen molar-refractivity contribution in [1.29, 1.82) is 0 Å². The number of hydrogen-bond donors (Lipinski definition) is 2. The molecule has 4 rings (SSSR count). The first kappa shape index (κ1) is 23.6. The third kappa shape index (κ3) is 4.99. The highest BCUT2D eigenvalue weighted by Gasteiger charge is 2.19. The molecule has 0 saturated carbocycles. The van der Waals surface area contributed by atoms with Crippen LogP contribution in [-0.2, 0) is 11.2 Å². The maximum absolute atomic E-state index is 11.6. The van der Waals surface area contributed by atoms with Crippen LogP contribution in [-0.4, -0.2) is 50.1 Å². The van der Waals surface area contributed by atoms with Crippen molar-refractivity contribution in [3.05, 3.63) is 59.8 Å². The SMILES string of the molecule is COc1cc(-c2cc(-c3ccc(C4CCN(C)CC4)cc3)cnc2N)cc(CC(N)=O)c1OC. The van der Waals surface area contributed by atoms with Crippen molar-refractivity contribution in [1.82, 2.24) is 9.88 Å². The number of carbonyl (C=O) groups excluding carboxylic acids is 1. The molecule has 1 fully saturated rings. The minimum atomic E-state index is -0.456. The first-order valence-corrected chi connectivity index (χ1v) is 11.5. The second kappa shape index (κ2) is 10.1. The molecule has 0 radical (unpaired) electrons. The van der Waals surface area contributed by atoms with Gasteiger partial charge in [0.15, 0.2) is 11.5 Å². The molecular weight excluding hydrogens is 428 g/mol. The fourth-order valence-electron chi connectivity index (χ4n) is 4.67. The van der Waals surface area contributed by atoms with Gasteiger partial charge in [-0.3, -0.25) is 4.79 Å². The van der Waals surface area contributed by atoms with Crippen LogP contribution in [0.4, 0.5) is 5.82 Å². The normalized spacial score (nSPS) is 14.7. The number of primary amides is 1. The lowest BCUT2D eigenvalue weighted by Crippen LogP contribution is -2.29.